The van der Waals surface area contributed by atoms with Gasteiger partial charge in [0.05, 0.1) is 11.1 Å². The molecule has 106 valence electrons. The number of fused-ring (bicyclic) bond motifs is 1. The van der Waals surface area contributed by atoms with Crippen molar-refractivity contribution in [2.75, 3.05) is 5.73 Å². The van der Waals surface area contributed by atoms with Crippen molar-refractivity contribution in [1.29, 1.82) is 0 Å². The predicted molar refractivity (Wildman–Crippen MR) is 83.8 cm³/mol. The van der Waals surface area contributed by atoms with Gasteiger partial charge in [-0.15, -0.1) is 11.3 Å². The minimum absolute atomic E-state index is 0.304. The number of pyridine rings is 1. The summed E-state index contributed by atoms with van der Waals surface area (Å²) < 4.78 is 5.93. The summed E-state index contributed by atoms with van der Waals surface area (Å²) in [5.41, 5.74) is 12.7. The fourth-order valence-electron chi connectivity index (χ4n) is 2.07. The normalized spacial score (nSPS) is 10.7. The van der Waals surface area contributed by atoms with E-state index in [-0.39, 0.29) is 0 Å². The second-order valence-corrected chi connectivity index (χ2v) is 5.56. The quantitative estimate of drug-likeness (QED) is 0.777. The number of carbonyl (C=O) groups is 1. The van der Waals surface area contributed by atoms with Crippen molar-refractivity contribution in [3.63, 3.8) is 0 Å². The van der Waals surface area contributed by atoms with Crippen LogP contribution in [0.25, 0.3) is 10.2 Å². The lowest BCUT2D eigenvalue weighted by Crippen LogP contribution is -2.10. The summed E-state index contributed by atoms with van der Waals surface area (Å²) in [6, 6.07) is 9.39. The molecule has 0 aliphatic heterocycles. The zero-order valence-corrected chi connectivity index (χ0v) is 12.1. The van der Waals surface area contributed by atoms with Gasteiger partial charge in [-0.25, -0.2) is 4.98 Å². The molecule has 0 radical (unpaired) electrons. The summed E-state index contributed by atoms with van der Waals surface area (Å²) in [5, 5.41) is 0.625. The highest BCUT2D eigenvalue weighted by Crippen LogP contribution is 2.40. The number of hydrogen-bond donors (Lipinski definition) is 2. The number of anilines is 1. The van der Waals surface area contributed by atoms with Crippen molar-refractivity contribution >= 4 is 33.1 Å². The lowest BCUT2D eigenvalue weighted by Gasteiger charge is -2.09. The third-order valence-electron chi connectivity index (χ3n) is 3.13. The number of aromatic nitrogens is 1. The molecular formula is C15H13N3O2S. The molecule has 0 unspecified atom stereocenters. The molecule has 3 rings (SSSR count). The summed E-state index contributed by atoms with van der Waals surface area (Å²) in [4.78, 5) is 16.6. The molecule has 1 amide bonds. The maximum atomic E-state index is 11.4. The first-order valence-electron chi connectivity index (χ1n) is 6.28. The first-order valence-corrected chi connectivity index (χ1v) is 7.10. The number of ether oxygens (including phenoxy) is 1. The fraction of sp³-hybridized carbons (Fsp3) is 0.0667. The van der Waals surface area contributed by atoms with Crippen LogP contribution in [0.3, 0.4) is 0 Å². The second-order valence-electron chi connectivity index (χ2n) is 4.57. The largest absolute Gasteiger partial charge is 0.456 e. The van der Waals surface area contributed by atoms with Gasteiger partial charge in [-0.2, -0.15) is 0 Å². The monoisotopic (exact) mass is 299 g/mol. The van der Waals surface area contributed by atoms with Crippen LogP contribution in [0, 0.1) is 6.92 Å². The molecule has 0 aliphatic carbocycles. The van der Waals surface area contributed by atoms with Crippen LogP contribution >= 0.6 is 11.3 Å². The first kappa shape index (κ1) is 13.4. The Morgan fingerprint density at radius 3 is 2.71 bits per heavy atom. The number of benzene rings is 1. The summed E-state index contributed by atoms with van der Waals surface area (Å²) >= 11 is 1.17. The molecule has 2 heterocycles. The van der Waals surface area contributed by atoms with Gasteiger partial charge in [0.15, 0.2) is 0 Å². The smallest absolute Gasteiger partial charge is 0.260 e. The Kier molecular flexibility index (Phi) is 3.23. The second kappa shape index (κ2) is 5.06. The number of primary amides is 1. The van der Waals surface area contributed by atoms with E-state index in [9.17, 15) is 4.79 Å². The van der Waals surface area contributed by atoms with Crippen molar-refractivity contribution in [2.24, 2.45) is 5.73 Å². The summed E-state index contributed by atoms with van der Waals surface area (Å²) in [6.45, 7) is 1.96. The summed E-state index contributed by atoms with van der Waals surface area (Å²) in [6.07, 6.45) is 1.62. The van der Waals surface area contributed by atoms with E-state index in [2.05, 4.69) is 4.98 Å². The van der Waals surface area contributed by atoms with Crippen molar-refractivity contribution in [3.8, 4) is 11.5 Å². The Labute approximate surface area is 125 Å². The molecule has 4 N–H and O–H groups in total. The summed E-state index contributed by atoms with van der Waals surface area (Å²) in [7, 11) is 0. The molecule has 0 fully saturated rings. The highest BCUT2D eigenvalue weighted by Gasteiger charge is 2.18. The predicted octanol–water partition coefficient (Wildman–Crippen LogP) is 3.08. The van der Waals surface area contributed by atoms with E-state index < -0.39 is 5.91 Å². The zero-order valence-electron chi connectivity index (χ0n) is 11.3. The van der Waals surface area contributed by atoms with Gasteiger partial charge >= 0.3 is 0 Å². The standard InChI is InChI=1S/C15H13N3O2S/c1-8-4-2-3-5-9(8)20-10-6-7-18-15-11(10)12(16)13(21-15)14(17)19/h2-7H,16H2,1H3,(H2,17,19). The van der Waals surface area contributed by atoms with E-state index in [1.807, 2.05) is 31.2 Å². The lowest BCUT2D eigenvalue weighted by atomic mass is 10.2. The number of nitrogens with two attached hydrogens (primary N) is 2. The average Bonchev–Trinajstić information content (AvgIpc) is 2.80. The van der Waals surface area contributed by atoms with Gasteiger partial charge in [-0.1, -0.05) is 18.2 Å². The van der Waals surface area contributed by atoms with Crippen LogP contribution in [0.1, 0.15) is 15.2 Å². The van der Waals surface area contributed by atoms with Crippen molar-refractivity contribution in [2.45, 2.75) is 6.92 Å². The van der Waals surface area contributed by atoms with Crippen molar-refractivity contribution < 1.29 is 9.53 Å². The zero-order chi connectivity index (χ0) is 15.0. The van der Waals surface area contributed by atoms with Crippen LogP contribution in [0.15, 0.2) is 36.5 Å². The van der Waals surface area contributed by atoms with Crippen LogP contribution in [-0.4, -0.2) is 10.9 Å². The average molecular weight is 299 g/mol. The van der Waals surface area contributed by atoms with Gasteiger partial charge in [0.1, 0.15) is 21.2 Å². The SMILES string of the molecule is Cc1ccccc1Oc1ccnc2sc(C(N)=O)c(N)c12. The number of para-hydroxylation sites is 1. The third-order valence-corrected chi connectivity index (χ3v) is 4.26. The van der Waals surface area contributed by atoms with Gasteiger partial charge in [0.25, 0.3) is 5.91 Å². The molecule has 21 heavy (non-hydrogen) atoms. The number of nitrogens with zero attached hydrogens (tertiary/aromatic N) is 1. The van der Waals surface area contributed by atoms with E-state index in [0.29, 0.717) is 26.5 Å². The van der Waals surface area contributed by atoms with Gasteiger partial charge in [0.2, 0.25) is 0 Å². The van der Waals surface area contributed by atoms with E-state index >= 15 is 0 Å². The lowest BCUT2D eigenvalue weighted by molar-refractivity contribution is 0.100. The molecular weight excluding hydrogens is 286 g/mol. The minimum Gasteiger partial charge on any atom is -0.456 e. The minimum atomic E-state index is -0.558. The van der Waals surface area contributed by atoms with E-state index in [1.165, 1.54) is 11.3 Å². The summed E-state index contributed by atoms with van der Waals surface area (Å²) in [5.74, 6) is 0.740. The van der Waals surface area contributed by atoms with E-state index in [4.69, 9.17) is 16.2 Å². The topological polar surface area (TPSA) is 91.2 Å². The van der Waals surface area contributed by atoms with Gasteiger partial charge in [0, 0.05) is 6.20 Å². The Bertz CT molecular complexity index is 842. The van der Waals surface area contributed by atoms with Gasteiger partial charge in [-0.05, 0) is 24.6 Å². The Hall–Kier alpha value is -2.60. The fourth-order valence-corrected chi connectivity index (χ4v) is 3.01. The van der Waals surface area contributed by atoms with Crippen LogP contribution in [0.4, 0.5) is 5.69 Å². The highest BCUT2D eigenvalue weighted by molar-refractivity contribution is 7.21. The molecule has 0 saturated carbocycles. The van der Waals surface area contributed by atoms with Crippen LogP contribution in [0.2, 0.25) is 0 Å². The molecule has 0 bridgehead atoms. The molecule has 0 atom stereocenters. The Morgan fingerprint density at radius 2 is 2.00 bits per heavy atom. The highest BCUT2D eigenvalue weighted by atomic mass is 32.1. The number of aryl methyl sites for hydroxylation is 1. The van der Waals surface area contributed by atoms with E-state index in [0.717, 1.165) is 11.3 Å². The van der Waals surface area contributed by atoms with Crippen LogP contribution < -0.4 is 16.2 Å². The van der Waals surface area contributed by atoms with Crippen molar-refractivity contribution in [1.82, 2.24) is 4.98 Å². The molecule has 0 aliphatic rings. The molecule has 0 saturated heterocycles. The third kappa shape index (κ3) is 2.30. The van der Waals surface area contributed by atoms with Crippen LogP contribution in [-0.2, 0) is 0 Å². The molecule has 3 aromatic rings. The number of nitrogen functional groups attached to an aromatic ring is 1. The molecule has 6 heteroatoms. The molecule has 5 nitrogen and oxygen atoms in total. The Morgan fingerprint density at radius 1 is 1.24 bits per heavy atom. The van der Waals surface area contributed by atoms with Gasteiger partial charge in [-0.3, -0.25) is 4.79 Å². The number of rotatable bonds is 3. The number of hydrogen-bond acceptors (Lipinski definition) is 5. The number of thiophene rings is 1. The molecule has 0 spiro atoms. The number of carbonyl (C=O) groups excluding carboxylic acids is 1. The van der Waals surface area contributed by atoms with Crippen molar-refractivity contribution in [3.05, 3.63) is 47.0 Å². The first-order chi connectivity index (χ1) is 10.1. The van der Waals surface area contributed by atoms with Gasteiger partial charge < -0.3 is 16.2 Å². The molecule has 2 aromatic heterocycles. The maximum Gasteiger partial charge on any atom is 0.260 e. The Balaban J connectivity index is 2.15. The van der Waals surface area contributed by atoms with Crippen LogP contribution in [0.5, 0.6) is 11.5 Å². The maximum absolute atomic E-state index is 11.4. The molecule has 1 aromatic carbocycles. The van der Waals surface area contributed by atoms with E-state index in [1.54, 1.807) is 12.3 Å². The number of amides is 1.